The van der Waals surface area contributed by atoms with Gasteiger partial charge in [-0.05, 0) is 17.7 Å². The Morgan fingerprint density at radius 1 is 1.03 bits per heavy atom. The summed E-state index contributed by atoms with van der Waals surface area (Å²) in [5, 5.41) is 9.17. The van der Waals surface area contributed by atoms with Gasteiger partial charge in [-0.2, -0.15) is 5.10 Å². The van der Waals surface area contributed by atoms with Crippen LogP contribution in [-0.4, -0.2) is 41.4 Å². The summed E-state index contributed by atoms with van der Waals surface area (Å²) in [6.45, 7) is 0.208. The number of nitrogens with one attached hydrogen (secondary N) is 3. The molecule has 34 heavy (non-hydrogen) atoms. The number of H-pyrrole nitrogens is 1. The van der Waals surface area contributed by atoms with Crippen LogP contribution in [0.2, 0.25) is 0 Å². The highest BCUT2D eigenvalue weighted by Gasteiger charge is 2.20. The van der Waals surface area contributed by atoms with Crippen LogP contribution >= 0.6 is 0 Å². The molecule has 0 aliphatic carbocycles. The van der Waals surface area contributed by atoms with Gasteiger partial charge in [0.2, 0.25) is 0 Å². The van der Waals surface area contributed by atoms with Gasteiger partial charge in [-0.1, -0.05) is 6.07 Å². The molecule has 4 aromatic heterocycles. The summed E-state index contributed by atoms with van der Waals surface area (Å²) in [6.07, 6.45) is 5.35. The molecular weight excluding hydrogens is 447 g/mol. The quantitative estimate of drug-likeness (QED) is 0.336. The molecular formula is C21H15FN8O4. The number of nitrogens with zero attached hydrogens (tertiary/aromatic N) is 5. The van der Waals surface area contributed by atoms with Crippen LogP contribution in [0.3, 0.4) is 0 Å². The van der Waals surface area contributed by atoms with Crippen molar-refractivity contribution >= 4 is 28.6 Å². The summed E-state index contributed by atoms with van der Waals surface area (Å²) >= 11 is 0. The summed E-state index contributed by atoms with van der Waals surface area (Å²) < 4.78 is 20.2. The van der Waals surface area contributed by atoms with Crippen LogP contribution < -0.4 is 16.4 Å². The van der Waals surface area contributed by atoms with Crippen molar-refractivity contribution in [2.45, 2.75) is 13.1 Å². The van der Waals surface area contributed by atoms with Gasteiger partial charge in [-0.25, -0.2) is 28.7 Å². The number of halogens is 1. The third kappa shape index (κ3) is 4.09. The Morgan fingerprint density at radius 2 is 1.79 bits per heavy atom. The van der Waals surface area contributed by atoms with Crippen LogP contribution in [0.15, 0.2) is 58.4 Å². The van der Waals surface area contributed by atoms with Crippen LogP contribution in [0, 0.1) is 5.82 Å². The average Bonchev–Trinajstić information content (AvgIpc) is 3.42. The maximum absolute atomic E-state index is 14.2. The predicted molar refractivity (Wildman–Crippen MR) is 114 cm³/mol. The lowest BCUT2D eigenvalue weighted by Gasteiger charge is -2.09. The number of fused-ring (bicyclic) bond motifs is 2. The monoisotopic (exact) mass is 462 g/mol. The first-order valence-corrected chi connectivity index (χ1v) is 9.94. The second kappa shape index (κ2) is 8.54. The number of hydrogen-bond acceptors (Lipinski definition) is 8. The van der Waals surface area contributed by atoms with Crippen LogP contribution in [0.5, 0.6) is 0 Å². The SMILES string of the molecule is O=C(NCc1ccc2oc(=O)[nH]c2c1)c1cc(C(=O)NCc2cncnc2)n2ncc(F)c2n1. The Kier molecular flexibility index (Phi) is 5.26. The minimum Gasteiger partial charge on any atom is -0.408 e. The molecule has 0 fully saturated rings. The molecule has 3 N–H and O–H groups in total. The van der Waals surface area contributed by atoms with Crippen molar-refractivity contribution in [2.24, 2.45) is 0 Å². The van der Waals surface area contributed by atoms with Crippen molar-refractivity contribution < 1.29 is 18.4 Å². The number of carbonyl (C=O) groups excluding carboxylic acids is 2. The molecule has 0 spiro atoms. The van der Waals surface area contributed by atoms with Crippen molar-refractivity contribution in [3.63, 3.8) is 0 Å². The first-order chi connectivity index (χ1) is 16.5. The van der Waals surface area contributed by atoms with Crippen LogP contribution in [-0.2, 0) is 13.1 Å². The van der Waals surface area contributed by atoms with Crippen molar-refractivity contribution in [1.29, 1.82) is 0 Å². The van der Waals surface area contributed by atoms with Gasteiger partial charge in [0.15, 0.2) is 17.0 Å². The zero-order valence-corrected chi connectivity index (χ0v) is 17.3. The van der Waals surface area contributed by atoms with Crippen LogP contribution in [0.25, 0.3) is 16.7 Å². The van der Waals surface area contributed by atoms with E-state index in [4.69, 9.17) is 4.42 Å². The first-order valence-electron chi connectivity index (χ1n) is 9.94. The van der Waals surface area contributed by atoms with Gasteiger partial charge in [0.25, 0.3) is 11.8 Å². The van der Waals surface area contributed by atoms with E-state index in [9.17, 15) is 18.8 Å². The van der Waals surface area contributed by atoms with Gasteiger partial charge in [0.1, 0.15) is 17.7 Å². The normalized spacial score (nSPS) is 11.1. The number of amides is 2. The van der Waals surface area contributed by atoms with Crippen molar-refractivity contribution in [2.75, 3.05) is 0 Å². The van der Waals surface area contributed by atoms with E-state index in [1.165, 1.54) is 12.4 Å². The number of benzene rings is 1. The van der Waals surface area contributed by atoms with E-state index in [1.54, 1.807) is 30.6 Å². The van der Waals surface area contributed by atoms with E-state index in [0.29, 0.717) is 22.2 Å². The third-order valence-electron chi connectivity index (χ3n) is 4.90. The van der Waals surface area contributed by atoms with E-state index in [0.717, 1.165) is 10.7 Å². The topological polar surface area (TPSA) is 160 Å². The zero-order valence-electron chi connectivity index (χ0n) is 17.3. The highest BCUT2D eigenvalue weighted by molar-refractivity contribution is 5.98. The molecule has 0 unspecified atom stereocenters. The molecule has 0 aliphatic rings. The summed E-state index contributed by atoms with van der Waals surface area (Å²) in [5.74, 6) is -2.59. The Balaban J connectivity index is 1.37. The van der Waals surface area contributed by atoms with Crippen molar-refractivity contribution in [3.8, 4) is 0 Å². The molecule has 5 aromatic rings. The first kappa shape index (κ1) is 20.9. The fourth-order valence-electron chi connectivity index (χ4n) is 3.29. The zero-order chi connectivity index (χ0) is 23.7. The smallest absolute Gasteiger partial charge is 0.408 e. The summed E-state index contributed by atoms with van der Waals surface area (Å²) in [4.78, 5) is 51.2. The standard InChI is InChI=1S/C21H15FN8O4/c22-13-9-27-30-16(20(32)26-8-12-5-23-10-24-6-12)4-15(28-18(13)30)19(31)25-7-11-1-2-17-14(3-11)29-21(33)34-17/h1-6,9-10H,7-8H2,(H,25,31)(H,26,32)(H,29,33). The van der Waals surface area contributed by atoms with Gasteiger partial charge in [0.05, 0.1) is 11.7 Å². The van der Waals surface area contributed by atoms with Crippen LogP contribution in [0.4, 0.5) is 4.39 Å². The van der Waals surface area contributed by atoms with E-state index in [-0.39, 0.29) is 30.1 Å². The Labute approximate surface area is 188 Å². The Hall–Kier alpha value is -4.94. The van der Waals surface area contributed by atoms with E-state index >= 15 is 0 Å². The fraction of sp³-hybridized carbons (Fsp3) is 0.0952. The molecule has 170 valence electrons. The molecule has 2 amide bonds. The van der Waals surface area contributed by atoms with Crippen LogP contribution in [0.1, 0.15) is 32.1 Å². The lowest BCUT2D eigenvalue weighted by molar-refractivity contribution is 0.0942. The Morgan fingerprint density at radius 3 is 2.62 bits per heavy atom. The second-order valence-corrected chi connectivity index (χ2v) is 7.21. The maximum atomic E-state index is 14.2. The molecule has 0 bridgehead atoms. The van der Waals surface area contributed by atoms with E-state index in [2.05, 4.69) is 35.7 Å². The number of carbonyl (C=O) groups is 2. The van der Waals surface area contributed by atoms with Gasteiger partial charge < -0.3 is 15.1 Å². The molecule has 0 aliphatic heterocycles. The molecule has 13 heteroatoms. The Bertz CT molecular complexity index is 1590. The fourth-order valence-corrected chi connectivity index (χ4v) is 3.29. The number of oxazole rings is 1. The van der Waals surface area contributed by atoms with Crippen molar-refractivity contribution in [3.05, 3.63) is 88.1 Å². The highest BCUT2D eigenvalue weighted by Crippen LogP contribution is 2.14. The lowest BCUT2D eigenvalue weighted by atomic mass is 10.2. The average molecular weight is 462 g/mol. The highest BCUT2D eigenvalue weighted by atomic mass is 19.1. The summed E-state index contributed by atoms with van der Waals surface area (Å²) in [7, 11) is 0. The summed E-state index contributed by atoms with van der Waals surface area (Å²) in [5.41, 5.74) is 1.70. The third-order valence-corrected chi connectivity index (χ3v) is 4.90. The second-order valence-electron chi connectivity index (χ2n) is 7.21. The molecule has 0 atom stereocenters. The molecule has 12 nitrogen and oxygen atoms in total. The maximum Gasteiger partial charge on any atom is 0.417 e. The minimum atomic E-state index is -0.783. The largest absolute Gasteiger partial charge is 0.417 e. The summed E-state index contributed by atoms with van der Waals surface area (Å²) in [6, 6.07) is 6.15. The van der Waals surface area contributed by atoms with Gasteiger partial charge in [-0.15, -0.1) is 0 Å². The van der Waals surface area contributed by atoms with Gasteiger partial charge >= 0.3 is 5.76 Å². The van der Waals surface area contributed by atoms with Gasteiger partial charge in [-0.3, -0.25) is 14.6 Å². The van der Waals surface area contributed by atoms with Crippen molar-refractivity contribution in [1.82, 2.24) is 40.2 Å². The lowest BCUT2D eigenvalue weighted by Crippen LogP contribution is -2.28. The minimum absolute atomic E-state index is 0.0757. The number of aromatic amines is 1. The molecule has 1 aromatic carbocycles. The molecule has 5 rings (SSSR count). The molecule has 4 heterocycles. The number of hydrogen-bond donors (Lipinski definition) is 3. The number of rotatable bonds is 6. The molecule has 0 radical (unpaired) electrons. The van der Waals surface area contributed by atoms with E-state index in [1.807, 2.05) is 0 Å². The van der Waals surface area contributed by atoms with Gasteiger partial charge in [0, 0.05) is 37.1 Å². The predicted octanol–water partition coefficient (Wildman–Crippen LogP) is 0.953. The number of aromatic nitrogens is 6. The molecule has 0 saturated carbocycles. The van der Waals surface area contributed by atoms with E-state index < -0.39 is 23.4 Å². The molecule has 0 saturated heterocycles.